The molecule has 0 spiro atoms. The van der Waals surface area contributed by atoms with Gasteiger partial charge in [0.15, 0.2) is 0 Å². The van der Waals surface area contributed by atoms with Crippen molar-refractivity contribution in [3.63, 3.8) is 0 Å². The van der Waals surface area contributed by atoms with E-state index >= 15 is 0 Å². The lowest BCUT2D eigenvalue weighted by molar-refractivity contribution is -0.137. The first-order valence-electron chi connectivity index (χ1n) is 6.93. The van der Waals surface area contributed by atoms with Gasteiger partial charge in [-0.3, -0.25) is 28.4 Å². The van der Waals surface area contributed by atoms with E-state index in [9.17, 15) is 28.6 Å². The molecular formula is C11H18N2O10P2. The normalized spacial score (nSPS) is 15.8. The van der Waals surface area contributed by atoms with Crippen molar-refractivity contribution in [3.8, 4) is 0 Å². The zero-order valence-corrected chi connectivity index (χ0v) is 14.6. The van der Waals surface area contributed by atoms with Crippen molar-refractivity contribution in [1.29, 1.82) is 0 Å². The topological polar surface area (TPSA) is 202 Å². The van der Waals surface area contributed by atoms with Crippen LogP contribution in [-0.4, -0.2) is 65.5 Å². The summed E-state index contributed by atoms with van der Waals surface area (Å²) in [6, 6.07) is 0. The Labute approximate surface area is 141 Å². The summed E-state index contributed by atoms with van der Waals surface area (Å²) in [4.78, 5) is 70.7. The van der Waals surface area contributed by atoms with E-state index in [0.29, 0.717) is 0 Å². The highest BCUT2D eigenvalue weighted by Gasteiger charge is 2.58. The number of rotatable bonds is 9. The van der Waals surface area contributed by atoms with E-state index < -0.39 is 44.4 Å². The number of imide groups is 1. The number of amides is 3. The van der Waals surface area contributed by atoms with Gasteiger partial charge in [-0.25, -0.2) is 0 Å². The molecule has 0 aromatic rings. The molecule has 0 saturated carbocycles. The number of hydrogen-bond donors (Lipinski definition) is 6. The highest BCUT2D eigenvalue weighted by atomic mass is 31.2. The number of carbonyl (C=O) groups excluding carboxylic acids is 3. The number of hydrogen-bond acceptors (Lipinski definition) is 6. The molecule has 0 atom stereocenters. The second-order valence-electron chi connectivity index (χ2n) is 5.23. The summed E-state index contributed by atoms with van der Waals surface area (Å²) in [6.45, 7) is -0.396. The minimum Gasteiger partial charge on any atom is -0.368 e. The molecule has 142 valence electrons. The molecule has 0 aromatic carbocycles. The maximum atomic E-state index is 11.6. The van der Waals surface area contributed by atoms with Crippen LogP contribution in [0.1, 0.15) is 19.3 Å². The summed E-state index contributed by atoms with van der Waals surface area (Å²) < 4.78 is 22.3. The summed E-state index contributed by atoms with van der Waals surface area (Å²) >= 11 is 0. The second kappa shape index (κ2) is 7.88. The third-order valence-corrected chi connectivity index (χ3v) is 7.28. The summed E-state index contributed by atoms with van der Waals surface area (Å²) in [6.07, 6.45) is 0.618. The van der Waals surface area contributed by atoms with Gasteiger partial charge in [0.1, 0.15) is 0 Å². The molecule has 0 saturated heterocycles. The molecule has 0 fully saturated rings. The Bertz CT molecular complexity index is 638. The van der Waals surface area contributed by atoms with Gasteiger partial charge >= 0.3 is 15.2 Å². The van der Waals surface area contributed by atoms with Gasteiger partial charge in [-0.15, -0.1) is 0 Å². The van der Waals surface area contributed by atoms with Gasteiger partial charge in [0.25, 0.3) is 16.9 Å². The van der Waals surface area contributed by atoms with E-state index in [1.807, 2.05) is 0 Å². The molecule has 12 nitrogen and oxygen atoms in total. The summed E-state index contributed by atoms with van der Waals surface area (Å²) in [5.41, 5.74) is 0. The van der Waals surface area contributed by atoms with Gasteiger partial charge in [0, 0.05) is 38.1 Å². The average Bonchev–Trinajstić information content (AvgIpc) is 2.77. The Morgan fingerprint density at radius 2 is 1.56 bits per heavy atom. The van der Waals surface area contributed by atoms with Crippen LogP contribution in [0.3, 0.4) is 0 Å². The van der Waals surface area contributed by atoms with Crippen molar-refractivity contribution in [3.05, 3.63) is 12.2 Å². The molecular weight excluding hydrogens is 382 g/mol. The van der Waals surface area contributed by atoms with E-state index in [-0.39, 0.29) is 25.9 Å². The molecule has 0 radical (unpaired) electrons. The fourth-order valence-corrected chi connectivity index (χ4v) is 4.22. The van der Waals surface area contributed by atoms with Crippen LogP contribution in [0.4, 0.5) is 0 Å². The molecule has 1 aliphatic heterocycles. The lowest BCUT2D eigenvalue weighted by Gasteiger charge is -2.29. The summed E-state index contributed by atoms with van der Waals surface area (Å²) in [5.74, 6) is -1.69. The largest absolute Gasteiger partial charge is 0.369 e. The van der Waals surface area contributed by atoms with Crippen LogP contribution in [0.5, 0.6) is 0 Å². The van der Waals surface area contributed by atoms with Gasteiger partial charge < -0.3 is 30.0 Å². The summed E-state index contributed by atoms with van der Waals surface area (Å²) in [5, 5.41) is 8.39. The molecule has 25 heavy (non-hydrogen) atoms. The van der Waals surface area contributed by atoms with Gasteiger partial charge in [-0.2, -0.15) is 0 Å². The van der Waals surface area contributed by atoms with Gasteiger partial charge in [0.05, 0.1) is 0 Å². The molecule has 3 amide bonds. The van der Waals surface area contributed by atoms with Crippen molar-refractivity contribution in [2.24, 2.45) is 0 Å². The number of nitrogens with one attached hydrogen (secondary N) is 1. The standard InChI is InChI=1S/C11H18N2O10P2/c14-8(4-7-13-9(15)2-3-10(13)16)12-6-1-5-11(17,24(18,19)20)25(21,22)23/h2-3,17H,1,4-7H2,(H,12,14)(H2,18,19,20)(H2,21,22,23). The van der Waals surface area contributed by atoms with Crippen LogP contribution in [-0.2, 0) is 23.5 Å². The Hall–Kier alpha value is -1.39. The zero-order chi connectivity index (χ0) is 19.5. The number of aliphatic hydroxyl groups is 1. The highest BCUT2D eigenvalue weighted by molar-refractivity contribution is 7.72. The average molecular weight is 400 g/mol. The number of carbonyl (C=O) groups is 3. The first-order chi connectivity index (χ1) is 11.3. The summed E-state index contributed by atoms with van der Waals surface area (Å²) in [7, 11) is -11.0. The fourth-order valence-electron chi connectivity index (χ4n) is 1.97. The predicted molar refractivity (Wildman–Crippen MR) is 81.8 cm³/mol. The Morgan fingerprint density at radius 1 is 1.08 bits per heavy atom. The zero-order valence-electron chi connectivity index (χ0n) is 12.8. The van der Waals surface area contributed by atoms with Crippen LogP contribution in [0.25, 0.3) is 0 Å². The predicted octanol–water partition coefficient (Wildman–Crippen LogP) is -1.80. The Kier molecular flexibility index (Phi) is 6.82. The molecule has 1 rings (SSSR count). The van der Waals surface area contributed by atoms with Gasteiger partial charge in [-0.05, 0) is 6.42 Å². The maximum Gasteiger partial charge on any atom is 0.369 e. The van der Waals surface area contributed by atoms with Crippen molar-refractivity contribution >= 4 is 32.9 Å². The minimum absolute atomic E-state index is 0.161. The molecule has 0 aromatic heterocycles. The third-order valence-electron chi connectivity index (χ3n) is 3.41. The fraction of sp³-hybridized carbons (Fsp3) is 0.545. The Morgan fingerprint density at radius 3 is 2.00 bits per heavy atom. The lowest BCUT2D eigenvalue weighted by Crippen LogP contribution is -2.35. The van der Waals surface area contributed by atoms with E-state index in [4.69, 9.17) is 19.6 Å². The first kappa shape index (κ1) is 21.7. The molecule has 1 aliphatic rings. The molecule has 14 heteroatoms. The lowest BCUT2D eigenvalue weighted by atomic mass is 10.3. The quantitative estimate of drug-likeness (QED) is 0.146. The molecule has 0 aliphatic carbocycles. The van der Waals surface area contributed by atoms with E-state index in [1.165, 1.54) is 0 Å². The monoisotopic (exact) mass is 400 g/mol. The van der Waals surface area contributed by atoms with Crippen LogP contribution in [0.15, 0.2) is 12.2 Å². The van der Waals surface area contributed by atoms with Gasteiger partial charge in [-0.1, -0.05) is 0 Å². The first-order valence-corrected chi connectivity index (χ1v) is 10.2. The molecule has 1 heterocycles. The smallest absolute Gasteiger partial charge is 0.368 e. The van der Waals surface area contributed by atoms with Crippen LogP contribution >= 0.6 is 15.2 Å². The van der Waals surface area contributed by atoms with Crippen molar-refractivity contribution in [2.45, 2.75) is 24.3 Å². The van der Waals surface area contributed by atoms with Crippen molar-refractivity contribution in [2.75, 3.05) is 13.1 Å². The maximum absolute atomic E-state index is 11.6. The third kappa shape index (κ3) is 5.29. The van der Waals surface area contributed by atoms with Crippen molar-refractivity contribution < 1.29 is 48.2 Å². The van der Waals surface area contributed by atoms with E-state index in [2.05, 4.69) is 5.32 Å². The second-order valence-corrected chi connectivity index (χ2v) is 9.24. The van der Waals surface area contributed by atoms with Gasteiger partial charge in [0.2, 0.25) is 5.91 Å². The minimum atomic E-state index is -5.52. The molecule has 6 N–H and O–H groups in total. The van der Waals surface area contributed by atoms with Crippen molar-refractivity contribution in [1.82, 2.24) is 10.2 Å². The Balaban J connectivity index is 2.43. The van der Waals surface area contributed by atoms with Crippen LogP contribution < -0.4 is 5.32 Å². The van der Waals surface area contributed by atoms with Crippen LogP contribution in [0.2, 0.25) is 0 Å². The van der Waals surface area contributed by atoms with E-state index in [1.54, 1.807) is 0 Å². The molecule has 0 bridgehead atoms. The highest BCUT2D eigenvalue weighted by Crippen LogP contribution is 2.69. The SMILES string of the molecule is O=C(CCN1C(=O)C=CC1=O)NCCCC(O)(P(=O)(O)O)P(=O)(O)O. The molecule has 0 unspecified atom stereocenters. The van der Waals surface area contributed by atoms with Crippen LogP contribution in [0, 0.1) is 0 Å². The van der Waals surface area contributed by atoms with E-state index in [0.717, 1.165) is 17.1 Å². The number of nitrogens with zero attached hydrogens (tertiary/aromatic N) is 1.